The maximum Gasteiger partial charge on any atom is 0.0531 e. The predicted octanol–water partition coefficient (Wildman–Crippen LogP) is 2.70. The van der Waals surface area contributed by atoms with Crippen LogP contribution in [0.1, 0.15) is 18.4 Å². The fourth-order valence-corrected chi connectivity index (χ4v) is 2.80. The van der Waals surface area contributed by atoms with E-state index in [0.717, 1.165) is 5.69 Å². The molecule has 0 aromatic carbocycles. The molecule has 2 rings (SSSR count). The second kappa shape index (κ2) is 4.69. The van der Waals surface area contributed by atoms with Crippen LogP contribution >= 0.6 is 11.8 Å². The number of aryl methyl sites for hydroxylation is 1. The fourth-order valence-electron chi connectivity index (χ4n) is 1.72. The van der Waals surface area contributed by atoms with E-state index < -0.39 is 0 Å². The molecule has 0 aliphatic carbocycles. The summed E-state index contributed by atoms with van der Waals surface area (Å²) < 4.78 is 0. The van der Waals surface area contributed by atoms with Gasteiger partial charge in [0.25, 0.3) is 0 Å². The molecule has 1 aromatic heterocycles. The summed E-state index contributed by atoms with van der Waals surface area (Å²) in [6, 6.07) is 2.80. The summed E-state index contributed by atoms with van der Waals surface area (Å²) >= 11 is 2.04. The van der Waals surface area contributed by atoms with Crippen molar-refractivity contribution in [2.24, 2.45) is 0 Å². The van der Waals surface area contributed by atoms with Crippen LogP contribution in [0, 0.1) is 6.92 Å². The highest BCUT2D eigenvalue weighted by molar-refractivity contribution is 7.99. The summed E-state index contributed by atoms with van der Waals surface area (Å²) in [5.41, 5.74) is 2.39. The topological polar surface area (TPSA) is 24.9 Å². The van der Waals surface area contributed by atoms with Crippen LogP contribution in [0.4, 0.5) is 5.69 Å². The van der Waals surface area contributed by atoms with Crippen LogP contribution in [0.3, 0.4) is 0 Å². The van der Waals surface area contributed by atoms with Gasteiger partial charge < -0.3 is 5.32 Å². The Kier molecular flexibility index (Phi) is 3.30. The van der Waals surface area contributed by atoms with Crippen LogP contribution in [0.15, 0.2) is 18.5 Å². The zero-order valence-corrected chi connectivity index (χ0v) is 9.31. The Morgan fingerprint density at radius 1 is 1.50 bits per heavy atom. The van der Waals surface area contributed by atoms with Crippen LogP contribution in [0.5, 0.6) is 0 Å². The van der Waals surface area contributed by atoms with Gasteiger partial charge in [0.15, 0.2) is 0 Å². The Bertz CT molecular complexity index is 295. The number of rotatable bonds is 2. The molecule has 2 heterocycles. The zero-order valence-electron chi connectivity index (χ0n) is 8.49. The Balaban J connectivity index is 1.95. The first-order valence-corrected chi connectivity index (χ1v) is 6.26. The number of thioether (sulfide) groups is 1. The van der Waals surface area contributed by atoms with Crippen molar-refractivity contribution in [3.63, 3.8) is 0 Å². The molecular formula is C11H16N2S. The summed E-state index contributed by atoms with van der Waals surface area (Å²) in [6.45, 7) is 2.08. The number of aromatic nitrogens is 1. The molecule has 1 N–H and O–H groups in total. The SMILES string of the molecule is Cc1cncc(NC2CCCSC2)c1. The molecule has 1 aromatic rings. The highest BCUT2D eigenvalue weighted by atomic mass is 32.2. The van der Waals surface area contributed by atoms with E-state index in [1.165, 1.54) is 29.9 Å². The summed E-state index contributed by atoms with van der Waals surface area (Å²) in [5, 5.41) is 3.54. The van der Waals surface area contributed by atoms with Crippen molar-refractivity contribution in [1.82, 2.24) is 4.98 Å². The Morgan fingerprint density at radius 2 is 2.43 bits per heavy atom. The Morgan fingerprint density at radius 3 is 3.14 bits per heavy atom. The van der Waals surface area contributed by atoms with Crippen molar-refractivity contribution in [3.8, 4) is 0 Å². The molecule has 1 unspecified atom stereocenters. The average Bonchev–Trinajstić information content (AvgIpc) is 2.19. The van der Waals surface area contributed by atoms with Crippen LogP contribution in [0.2, 0.25) is 0 Å². The van der Waals surface area contributed by atoms with E-state index in [-0.39, 0.29) is 0 Å². The normalized spacial score (nSPS) is 21.9. The molecule has 0 saturated carbocycles. The third kappa shape index (κ3) is 2.64. The van der Waals surface area contributed by atoms with E-state index in [0.29, 0.717) is 6.04 Å². The van der Waals surface area contributed by atoms with Gasteiger partial charge >= 0.3 is 0 Å². The summed E-state index contributed by atoms with van der Waals surface area (Å²) in [7, 11) is 0. The van der Waals surface area contributed by atoms with Gasteiger partial charge in [0.2, 0.25) is 0 Å². The molecule has 0 amide bonds. The monoisotopic (exact) mass is 208 g/mol. The van der Waals surface area contributed by atoms with Crippen molar-refractivity contribution in [2.45, 2.75) is 25.8 Å². The van der Waals surface area contributed by atoms with Crippen molar-refractivity contribution < 1.29 is 0 Å². The number of nitrogens with one attached hydrogen (secondary N) is 1. The fraction of sp³-hybridized carbons (Fsp3) is 0.545. The van der Waals surface area contributed by atoms with E-state index in [9.17, 15) is 0 Å². The van der Waals surface area contributed by atoms with E-state index in [4.69, 9.17) is 0 Å². The lowest BCUT2D eigenvalue weighted by Crippen LogP contribution is -2.25. The Hall–Kier alpha value is -0.700. The molecule has 0 bridgehead atoms. The van der Waals surface area contributed by atoms with Crippen LogP contribution in [-0.4, -0.2) is 22.5 Å². The largest absolute Gasteiger partial charge is 0.380 e. The summed E-state index contributed by atoms with van der Waals surface area (Å²) in [5.74, 6) is 2.55. The van der Waals surface area contributed by atoms with Crippen molar-refractivity contribution in [2.75, 3.05) is 16.8 Å². The third-order valence-electron chi connectivity index (χ3n) is 2.41. The van der Waals surface area contributed by atoms with Gasteiger partial charge in [-0.2, -0.15) is 11.8 Å². The molecule has 0 radical (unpaired) electrons. The molecule has 1 aliphatic rings. The molecule has 0 spiro atoms. The molecular weight excluding hydrogens is 192 g/mol. The lowest BCUT2D eigenvalue weighted by molar-refractivity contribution is 0.685. The second-order valence-electron chi connectivity index (χ2n) is 3.81. The minimum Gasteiger partial charge on any atom is -0.380 e. The molecule has 2 nitrogen and oxygen atoms in total. The molecule has 76 valence electrons. The number of nitrogens with zero attached hydrogens (tertiary/aromatic N) is 1. The van der Waals surface area contributed by atoms with E-state index in [2.05, 4.69) is 23.3 Å². The highest BCUT2D eigenvalue weighted by Gasteiger charge is 2.12. The molecule has 1 atom stereocenters. The molecule has 3 heteroatoms. The zero-order chi connectivity index (χ0) is 9.80. The first kappa shape index (κ1) is 9.84. The van der Waals surface area contributed by atoms with Crippen LogP contribution in [-0.2, 0) is 0 Å². The first-order valence-electron chi connectivity index (χ1n) is 5.10. The van der Waals surface area contributed by atoms with Gasteiger partial charge in [0.1, 0.15) is 0 Å². The van der Waals surface area contributed by atoms with Crippen LogP contribution in [0.25, 0.3) is 0 Å². The minimum absolute atomic E-state index is 0.636. The molecule has 1 saturated heterocycles. The average molecular weight is 208 g/mol. The van der Waals surface area contributed by atoms with E-state index >= 15 is 0 Å². The molecule has 14 heavy (non-hydrogen) atoms. The standard InChI is InChI=1S/C11H16N2S/c1-9-5-11(7-12-6-9)13-10-3-2-4-14-8-10/h5-7,10,13H,2-4,8H2,1H3. The summed E-state index contributed by atoms with van der Waals surface area (Å²) in [4.78, 5) is 4.18. The lowest BCUT2D eigenvalue weighted by atomic mass is 10.2. The second-order valence-corrected chi connectivity index (χ2v) is 4.96. The van der Waals surface area contributed by atoms with E-state index in [1.807, 2.05) is 24.2 Å². The van der Waals surface area contributed by atoms with Gasteiger partial charge in [-0.3, -0.25) is 4.98 Å². The Labute approximate surface area is 89.5 Å². The van der Waals surface area contributed by atoms with Gasteiger partial charge in [0.05, 0.1) is 5.69 Å². The van der Waals surface area contributed by atoms with Gasteiger partial charge in [-0.05, 0) is 37.1 Å². The minimum atomic E-state index is 0.636. The number of hydrogen-bond donors (Lipinski definition) is 1. The summed E-state index contributed by atoms with van der Waals surface area (Å²) in [6.07, 6.45) is 6.43. The van der Waals surface area contributed by atoms with Crippen molar-refractivity contribution in [1.29, 1.82) is 0 Å². The quantitative estimate of drug-likeness (QED) is 0.809. The van der Waals surface area contributed by atoms with E-state index in [1.54, 1.807) is 0 Å². The van der Waals surface area contributed by atoms with Gasteiger partial charge in [-0.1, -0.05) is 0 Å². The maximum absolute atomic E-state index is 4.18. The first-order chi connectivity index (χ1) is 6.84. The smallest absolute Gasteiger partial charge is 0.0531 e. The third-order valence-corrected chi connectivity index (χ3v) is 3.62. The highest BCUT2D eigenvalue weighted by Crippen LogP contribution is 2.20. The molecule has 1 fully saturated rings. The maximum atomic E-state index is 4.18. The predicted molar refractivity (Wildman–Crippen MR) is 62.9 cm³/mol. The molecule has 1 aliphatic heterocycles. The van der Waals surface area contributed by atoms with Gasteiger partial charge in [-0.25, -0.2) is 0 Å². The lowest BCUT2D eigenvalue weighted by Gasteiger charge is -2.23. The van der Waals surface area contributed by atoms with Crippen molar-refractivity contribution >= 4 is 17.4 Å². The van der Waals surface area contributed by atoms with Gasteiger partial charge in [0, 0.05) is 24.2 Å². The number of hydrogen-bond acceptors (Lipinski definition) is 3. The van der Waals surface area contributed by atoms with Crippen LogP contribution < -0.4 is 5.32 Å². The van der Waals surface area contributed by atoms with Gasteiger partial charge in [-0.15, -0.1) is 0 Å². The van der Waals surface area contributed by atoms with Crippen molar-refractivity contribution in [3.05, 3.63) is 24.0 Å². The number of pyridine rings is 1. The number of anilines is 1.